The molecule has 1 aliphatic heterocycles. The van der Waals surface area contributed by atoms with Gasteiger partial charge in [0.2, 0.25) is 5.91 Å². The molecule has 0 saturated carbocycles. The molecule has 86 valence electrons. The lowest BCUT2D eigenvalue weighted by Gasteiger charge is -2.33. The van der Waals surface area contributed by atoms with E-state index < -0.39 is 17.7 Å². The molecule has 0 spiro atoms. The Bertz CT molecular complexity index is 448. The first-order valence-electron chi connectivity index (χ1n) is 5.11. The predicted octanol–water partition coefficient (Wildman–Crippen LogP) is 2.13. The van der Waals surface area contributed by atoms with Crippen LogP contribution in [0.3, 0.4) is 0 Å². The van der Waals surface area contributed by atoms with Crippen molar-refractivity contribution in [1.29, 1.82) is 0 Å². The van der Waals surface area contributed by atoms with E-state index in [1.807, 2.05) is 0 Å². The van der Waals surface area contributed by atoms with E-state index in [2.05, 4.69) is 5.32 Å². The third-order valence-electron chi connectivity index (χ3n) is 2.65. The van der Waals surface area contributed by atoms with Crippen molar-refractivity contribution in [3.8, 4) is 0 Å². The Morgan fingerprint density at radius 1 is 1.38 bits per heavy atom. The molecule has 1 aromatic carbocycles. The van der Waals surface area contributed by atoms with Crippen LogP contribution in [-0.4, -0.2) is 18.5 Å². The molecule has 0 aromatic heterocycles. The smallest absolute Gasteiger partial charge is 0.249 e. The topological polar surface area (TPSA) is 32.3 Å². The summed E-state index contributed by atoms with van der Waals surface area (Å²) in [5, 5.41) is 2.84. The van der Waals surface area contributed by atoms with Gasteiger partial charge in [0.1, 0.15) is 6.04 Å². The Kier molecular flexibility index (Phi) is 2.53. The molecule has 16 heavy (non-hydrogen) atoms. The van der Waals surface area contributed by atoms with Crippen LogP contribution in [0.2, 0.25) is 0 Å². The number of carbonyl (C=O) groups excluding carboxylic acids is 1. The highest BCUT2D eigenvalue weighted by Gasteiger charge is 2.29. The molecular weight excluding hydrogens is 214 g/mol. The number of anilines is 2. The van der Waals surface area contributed by atoms with Crippen LogP contribution in [0.1, 0.15) is 13.8 Å². The highest BCUT2D eigenvalue weighted by atomic mass is 19.2. The Morgan fingerprint density at radius 2 is 2.00 bits per heavy atom. The van der Waals surface area contributed by atoms with Crippen molar-refractivity contribution in [2.75, 3.05) is 16.8 Å². The minimum absolute atomic E-state index is 0.138. The monoisotopic (exact) mass is 226 g/mol. The van der Waals surface area contributed by atoms with Gasteiger partial charge in [-0.1, -0.05) is 0 Å². The van der Waals surface area contributed by atoms with Crippen LogP contribution < -0.4 is 10.2 Å². The van der Waals surface area contributed by atoms with Gasteiger partial charge in [-0.2, -0.15) is 0 Å². The van der Waals surface area contributed by atoms with Gasteiger partial charge in [0.25, 0.3) is 0 Å². The summed E-state index contributed by atoms with van der Waals surface area (Å²) in [5.41, 5.74) is 0.845. The zero-order valence-corrected chi connectivity index (χ0v) is 9.05. The maximum absolute atomic E-state index is 13.1. The zero-order valence-electron chi connectivity index (χ0n) is 9.05. The largest absolute Gasteiger partial charge is 0.372 e. The number of fused-ring (bicyclic) bond motifs is 1. The van der Waals surface area contributed by atoms with Crippen molar-refractivity contribution in [3.05, 3.63) is 23.8 Å². The number of hydrogen-bond acceptors (Lipinski definition) is 2. The van der Waals surface area contributed by atoms with E-state index in [0.29, 0.717) is 17.9 Å². The molecule has 1 atom stereocenters. The Labute approximate surface area is 92.1 Å². The number of halogens is 2. The van der Waals surface area contributed by atoms with Gasteiger partial charge < -0.3 is 10.2 Å². The SMILES string of the molecule is CCN1C(=O)C(C)Nc2cc(F)c(F)cc21. The Morgan fingerprint density at radius 3 is 2.62 bits per heavy atom. The third kappa shape index (κ3) is 1.52. The predicted molar refractivity (Wildman–Crippen MR) is 57.5 cm³/mol. The summed E-state index contributed by atoms with van der Waals surface area (Å²) in [7, 11) is 0. The van der Waals surface area contributed by atoms with Crippen molar-refractivity contribution >= 4 is 17.3 Å². The van der Waals surface area contributed by atoms with Crippen molar-refractivity contribution in [2.45, 2.75) is 19.9 Å². The molecule has 0 radical (unpaired) electrons. The van der Waals surface area contributed by atoms with Crippen LogP contribution in [0.4, 0.5) is 20.2 Å². The highest BCUT2D eigenvalue weighted by molar-refractivity contribution is 6.04. The molecule has 1 aromatic rings. The number of nitrogens with one attached hydrogen (secondary N) is 1. The van der Waals surface area contributed by atoms with Crippen LogP contribution >= 0.6 is 0 Å². The standard InChI is InChI=1S/C11H12F2N2O/c1-3-15-10-5-8(13)7(12)4-9(10)14-6(2)11(15)16/h4-6,14H,3H2,1-2H3. The number of rotatable bonds is 1. The fourth-order valence-electron chi connectivity index (χ4n) is 1.85. The van der Waals surface area contributed by atoms with E-state index in [0.717, 1.165) is 12.1 Å². The number of hydrogen-bond donors (Lipinski definition) is 1. The van der Waals surface area contributed by atoms with Crippen molar-refractivity contribution in [2.24, 2.45) is 0 Å². The van der Waals surface area contributed by atoms with E-state index in [1.54, 1.807) is 13.8 Å². The highest BCUT2D eigenvalue weighted by Crippen LogP contribution is 2.33. The maximum atomic E-state index is 13.1. The first kappa shape index (κ1) is 10.9. The lowest BCUT2D eigenvalue weighted by Crippen LogP contribution is -2.45. The van der Waals surface area contributed by atoms with E-state index in [1.165, 1.54) is 4.90 Å². The number of amides is 1. The summed E-state index contributed by atoms with van der Waals surface area (Å²) in [6, 6.07) is 1.71. The third-order valence-corrected chi connectivity index (χ3v) is 2.65. The number of nitrogens with zero attached hydrogens (tertiary/aromatic N) is 1. The molecule has 1 N–H and O–H groups in total. The lowest BCUT2D eigenvalue weighted by molar-refractivity contribution is -0.119. The molecule has 1 unspecified atom stereocenters. The van der Waals surface area contributed by atoms with Gasteiger partial charge in [-0.3, -0.25) is 4.79 Å². The summed E-state index contributed by atoms with van der Waals surface area (Å²) in [5.74, 6) is -1.99. The van der Waals surface area contributed by atoms with E-state index >= 15 is 0 Å². The van der Waals surface area contributed by atoms with Crippen molar-refractivity contribution < 1.29 is 13.6 Å². The first-order chi connectivity index (χ1) is 7.54. The van der Waals surface area contributed by atoms with Crippen molar-refractivity contribution in [1.82, 2.24) is 0 Å². The fourth-order valence-corrected chi connectivity index (χ4v) is 1.85. The second kappa shape index (κ2) is 3.73. The second-order valence-corrected chi connectivity index (χ2v) is 3.73. The van der Waals surface area contributed by atoms with Crippen LogP contribution in [0, 0.1) is 11.6 Å². The van der Waals surface area contributed by atoms with Gasteiger partial charge in [0, 0.05) is 18.7 Å². The minimum Gasteiger partial charge on any atom is -0.372 e. The Balaban J connectivity index is 2.55. The van der Waals surface area contributed by atoms with Crippen molar-refractivity contribution in [3.63, 3.8) is 0 Å². The van der Waals surface area contributed by atoms with Crippen LogP contribution in [0.25, 0.3) is 0 Å². The Hall–Kier alpha value is -1.65. The quantitative estimate of drug-likeness (QED) is 0.795. The summed E-state index contributed by atoms with van der Waals surface area (Å²) in [6.45, 7) is 3.92. The molecule has 1 aliphatic rings. The number of carbonyl (C=O) groups is 1. The van der Waals surface area contributed by atoms with Gasteiger partial charge in [-0.25, -0.2) is 8.78 Å². The van der Waals surface area contributed by atoms with Crippen LogP contribution in [-0.2, 0) is 4.79 Å². The molecule has 1 heterocycles. The molecule has 3 nitrogen and oxygen atoms in total. The van der Waals surface area contributed by atoms with E-state index in [4.69, 9.17) is 0 Å². The fraction of sp³-hybridized carbons (Fsp3) is 0.364. The maximum Gasteiger partial charge on any atom is 0.249 e. The molecule has 5 heteroatoms. The lowest BCUT2D eigenvalue weighted by atomic mass is 10.1. The molecule has 1 amide bonds. The molecule has 0 bridgehead atoms. The van der Waals surface area contributed by atoms with E-state index in [-0.39, 0.29) is 5.91 Å². The molecule has 0 saturated heterocycles. The average molecular weight is 226 g/mol. The van der Waals surface area contributed by atoms with Gasteiger partial charge >= 0.3 is 0 Å². The second-order valence-electron chi connectivity index (χ2n) is 3.73. The summed E-state index contributed by atoms with van der Waals surface area (Å²) < 4.78 is 26.1. The van der Waals surface area contributed by atoms with Crippen LogP contribution in [0.5, 0.6) is 0 Å². The molecular formula is C11H12F2N2O. The van der Waals surface area contributed by atoms with Gasteiger partial charge in [0.05, 0.1) is 11.4 Å². The molecule has 0 aliphatic carbocycles. The van der Waals surface area contributed by atoms with Gasteiger partial charge in [0.15, 0.2) is 11.6 Å². The molecule has 0 fully saturated rings. The summed E-state index contributed by atoms with van der Waals surface area (Å²) in [4.78, 5) is 13.2. The number of benzene rings is 1. The van der Waals surface area contributed by atoms with E-state index in [9.17, 15) is 13.6 Å². The summed E-state index contributed by atoms with van der Waals surface area (Å²) in [6.07, 6.45) is 0. The average Bonchev–Trinajstić information content (AvgIpc) is 2.24. The first-order valence-corrected chi connectivity index (χ1v) is 5.11. The molecule has 2 rings (SSSR count). The summed E-state index contributed by atoms with van der Waals surface area (Å²) >= 11 is 0. The van der Waals surface area contributed by atoms with Crippen LogP contribution in [0.15, 0.2) is 12.1 Å². The normalized spacial score (nSPS) is 19.4. The zero-order chi connectivity index (χ0) is 11.9. The van der Waals surface area contributed by atoms with Gasteiger partial charge in [-0.15, -0.1) is 0 Å². The number of likely N-dealkylation sites (N-methyl/N-ethyl adjacent to an activating group) is 1. The van der Waals surface area contributed by atoms with Gasteiger partial charge in [-0.05, 0) is 13.8 Å². The minimum atomic E-state index is -0.943.